The summed E-state index contributed by atoms with van der Waals surface area (Å²) in [7, 11) is 0. The second-order valence-electron chi connectivity index (χ2n) is 2.42. The van der Waals surface area contributed by atoms with E-state index in [9.17, 15) is 13.6 Å². The molecule has 0 fully saturated rings. The number of nitrogen functional groups attached to an aromatic ring is 1. The van der Waals surface area contributed by atoms with Gasteiger partial charge in [0, 0.05) is 0 Å². The second kappa shape index (κ2) is 4.03. The number of alkyl halides is 2. The van der Waals surface area contributed by atoms with E-state index in [0.29, 0.717) is 0 Å². The van der Waals surface area contributed by atoms with Crippen LogP contribution in [0, 0.1) is 0 Å². The average Bonchev–Trinajstić information content (AvgIpc) is 2.48. The molecule has 0 bridgehead atoms. The maximum absolute atomic E-state index is 12.1. The molecule has 1 rings (SSSR count). The lowest BCUT2D eigenvalue weighted by atomic mass is 10.5. The molecule has 14 heavy (non-hydrogen) atoms. The number of halogens is 2. The number of hydrogen-bond donors (Lipinski definition) is 1. The second-order valence-corrected chi connectivity index (χ2v) is 2.42. The molecule has 1 heterocycles. The van der Waals surface area contributed by atoms with E-state index >= 15 is 0 Å². The number of carbonyl (C=O) groups is 1. The van der Waals surface area contributed by atoms with Crippen molar-refractivity contribution in [3.8, 4) is 0 Å². The summed E-state index contributed by atoms with van der Waals surface area (Å²) in [6, 6.07) is 0. The molecule has 0 aromatic carbocycles. The summed E-state index contributed by atoms with van der Waals surface area (Å²) in [6.07, 6.45) is -1.87. The summed E-state index contributed by atoms with van der Waals surface area (Å²) in [6.45, 7) is 1.73. The Bertz CT molecular complexity index is 338. The topological polar surface area (TPSA) is 70.1 Å². The molecule has 0 spiro atoms. The van der Waals surface area contributed by atoms with Gasteiger partial charge >= 0.3 is 5.97 Å². The standard InChI is InChI=1S/C7H9F2N3O2/c1-2-14-7(13)6-11-4(5(8)9)3-12(6)10/h3,5H,2,10H2,1H3. The number of carbonyl (C=O) groups excluding carboxylic acids is 1. The van der Waals surface area contributed by atoms with Crippen molar-refractivity contribution in [2.24, 2.45) is 0 Å². The number of nitrogens with two attached hydrogens (primary N) is 1. The van der Waals surface area contributed by atoms with Gasteiger partial charge in [-0.2, -0.15) is 0 Å². The van der Waals surface area contributed by atoms with E-state index < -0.39 is 18.1 Å². The number of ether oxygens (including phenoxy) is 1. The van der Waals surface area contributed by atoms with Crippen LogP contribution < -0.4 is 5.84 Å². The molecule has 0 saturated carbocycles. The van der Waals surface area contributed by atoms with Gasteiger partial charge in [0.15, 0.2) is 0 Å². The molecule has 0 amide bonds. The number of rotatable bonds is 3. The summed E-state index contributed by atoms with van der Waals surface area (Å²) in [4.78, 5) is 14.4. The summed E-state index contributed by atoms with van der Waals surface area (Å²) in [5, 5.41) is 0. The minimum Gasteiger partial charge on any atom is -0.460 e. The fourth-order valence-electron chi connectivity index (χ4n) is 0.864. The maximum atomic E-state index is 12.1. The molecule has 0 radical (unpaired) electrons. The predicted molar refractivity (Wildman–Crippen MR) is 43.3 cm³/mol. The molecular weight excluding hydrogens is 196 g/mol. The van der Waals surface area contributed by atoms with Crippen LogP contribution in [0.15, 0.2) is 6.20 Å². The van der Waals surface area contributed by atoms with E-state index in [1.807, 2.05) is 0 Å². The highest BCUT2D eigenvalue weighted by Gasteiger charge is 2.19. The number of imidazole rings is 1. The minimum atomic E-state index is -2.76. The molecule has 5 nitrogen and oxygen atoms in total. The van der Waals surface area contributed by atoms with Gasteiger partial charge in [0.25, 0.3) is 6.43 Å². The number of nitrogens with zero attached hydrogens (tertiary/aromatic N) is 2. The van der Waals surface area contributed by atoms with Crippen LogP contribution in [0.2, 0.25) is 0 Å². The third-order valence-corrected chi connectivity index (χ3v) is 1.43. The smallest absolute Gasteiger partial charge is 0.376 e. The largest absolute Gasteiger partial charge is 0.460 e. The van der Waals surface area contributed by atoms with E-state index in [0.717, 1.165) is 10.9 Å². The van der Waals surface area contributed by atoms with E-state index in [2.05, 4.69) is 9.72 Å². The first kappa shape index (κ1) is 10.4. The molecule has 1 aromatic heterocycles. The first-order valence-electron chi connectivity index (χ1n) is 3.86. The van der Waals surface area contributed by atoms with Gasteiger partial charge < -0.3 is 10.6 Å². The monoisotopic (exact) mass is 205 g/mol. The van der Waals surface area contributed by atoms with Gasteiger partial charge in [0.1, 0.15) is 5.69 Å². The minimum absolute atomic E-state index is 0.135. The Hall–Kier alpha value is -1.66. The van der Waals surface area contributed by atoms with Gasteiger partial charge in [-0.1, -0.05) is 0 Å². The van der Waals surface area contributed by atoms with Crippen molar-refractivity contribution in [3.05, 3.63) is 17.7 Å². The van der Waals surface area contributed by atoms with Crippen LogP contribution in [-0.4, -0.2) is 22.2 Å². The zero-order chi connectivity index (χ0) is 10.7. The van der Waals surface area contributed by atoms with Crippen molar-refractivity contribution in [2.45, 2.75) is 13.3 Å². The molecule has 0 aliphatic carbocycles. The van der Waals surface area contributed by atoms with E-state index in [1.54, 1.807) is 6.92 Å². The van der Waals surface area contributed by atoms with E-state index in [-0.39, 0.29) is 12.4 Å². The Kier molecular flexibility index (Phi) is 3.00. The molecule has 7 heteroatoms. The van der Waals surface area contributed by atoms with Crippen LogP contribution in [-0.2, 0) is 4.74 Å². The zero-order valence-corrected chi connectivity index (χ0v) is 7.41. The van der Waals surface area contributed by atoms with E-state index in [1.165, 1.54) is 0 Å². The third-order valence-electron chi connectivity index (χ3n) is 1.43. The lowest BCUT2D eigenvalue weighted by Gasteiger charge is -1.99. The first-order chi connectivity index (χ1) is 6.56. The number of hydrogen-bond acceptors (Lipinski definition) is 4. The fourth-order valence-corrected chi connectivity index (χ4v) is 0.864. The van der Waals surface area contributed by atoms with Crippen molar-refractivity contribution in [1.29, 1.82) is 0 Å². The molecule has 0 aliphatic rings. The van der Waals surface area contributed by atoms with Crippen molar-refractivity contribution >= 4 is 5.97 Å². The molecule has 0 saturated heterocycles. The summed E-state index contributed by atoms with van der Waals surface area (Å²) >= 11 is 0. The van der Waals surface area contributed by atoms with Crippen LogP contribution in [0.5, 0.6) is 0 Å². The SMILES string of the molecule is CCOC(=O)c1nc(C(F)F)cn1N. The quantitative estimate of drug-likeness (QED) is 0.582. The van der Waals surface area contributed by atoms with Gasteiger partial charge in [-0.15, -0.1) is 0 Å². The van der Waals surface area contributed by atoms with Crippen LogP contribution in [0.3, 0.4) is 0 Å². The Morgan fingerprint density at radius 1 is 1.79 bits per heavy atom. The van der Waals surface area contributed by atoms with Crippen LogP contribution >= 0.6 is 0 Å². The summed E-state index contributed by atoms with van der Waals surface area (Å²) in [5.74, 6) is 4.08. The molecule has 0 atom stereocenters. The molecule has 1 aromatic rings. The van der Waals surface area contributed by atoms with Gasteiger partial charge in [-0.25, -0.2) is 23.2 Å². The highest BCUT2D eigenvalue weighted by atomic mass is 19.3. The lowest BCUT2D eigenvalue weighted by molar-refractivity contribution is 0.0508. The van der Waals surface area contributed by atoms with Crippen LogP contribution in [0.1, 0.15) is 29.7 Å². The summed E-state index contributed by atoms with van der Waals surface area (Å²) < 4.78 is 29.5. The molecule has 0 unspecified atom stereocenters. The number of esters is 1. The third kappa shape index (κ3) is 1.98. The lowest BCUT2D eigenvalue weighted by Crippen LogP contribution is -2.18. The Morgan fingerprint density at radius 2 is 2.43 bits per heavy atom. The zero-order valence-electron chi connectivity index (χ0n) is 7.41. The highest BCUT2D eigenvalue weighted by molar-refractivity contribution is 5.85. The summed E-state index contributed by atoms with van der Waals surface area (Å²) in [5.41, 5.74) is -0.546. The normalized spacial score (nSPS) is 10.6. The first-order valence-corrected chi connectivity index (χ1v) is 3.86. The Balaban J connectivity index is 2.92. The van der Waals surface area contributed by atoms with Crippen molar-refractivity contribution < 1.29 is 18.3 Å². The fraction of sp³-hybridized carbons (Fsp3) is 0.429. The average molecular weight is 205 g/mol. The van der Waals surface area contributed by atoms with Crippen LogP contribution in [0.4, 0.5) is 8.78 Å². The number of aromatic nitrogens is 2. The van der Waals surface area contributed by atoms with Gasteiger partial charge in [0.05, 0.1) is 12.8 Å². The molecule has 78 valence electrons. The van der Waals surface area contributed by atoms with Crippen molar-refractivity contribution in [1.82, 2.24) is 9.66 Å². The molecular formula is C7H9F2N3O2. The van der Waals surface area contributed by atoms with Crippen LogP contribution in [0.25, 0.3) is 0 Å². The predicted octanol–water partition coefficient (Wildman–Crippen LogP) is 0.711. The van der Waals surface area contributed by atoms with Crippen molar-refractivity contribution in [3.63, 3.8) is 0 Å². The highest BCUT2D eigenvalue weighted by Crippen LogP contribution is 2.16. The van der Waals surface area contributed by atoms with Gasteiger partial charge in [-0.05, 0) is 6.92 Å². The molecule has 2 N–H and O–H groups in total. The van der Waals surface area contributed by atoms with Gasteiger partial charge in [0.2, 0.25) is 5.82 Å². The van der Waals surface area contributed by atoms with Gasteiger partial charge in [-0.3, -0.25) is 0 Å². The Labute approximate surface area is 78.4 Å². The maximum Gasteiger partial charge on any atom is 0.376 e. The molecule has 0 aliphatic heterocycles. The van der Waals surface area contributed by atoms with Crippen molar-refractivity contribution in [2.75, 3.05) is 12.4 Å². The van der Waals surface area contributed by atoms with E-state index in [4.69, 9.17) is 5.84 Å². The Morgan fingerprint density at radius 3 is 2.86 bits per heavy atom.